The maximum Gasteiger partial charge on any atom is 0.276 e. The molecule has 2 aliphatic rings. The Morgan fingerprint density at radius 2 is 1.96 bits per heavy atom. The van der Waals surface area contributed by atoms with Gasteiger partial charge in [0, 0.05) is 6.04 Å². The summed E-state index contributed by atoms with van der Waals surface area (Å²) in [7, 11) is 0. The minimum atomic E-state index is -0.352. The van der Waals surface area contributed by atoms with Crippen LogP contribution in [-0.4, -0.2) is 50.3 Å². The van der Waals surface area contributed by atoms with E-state index in [0.717, 1.165) is 25.7 Å². The number of fused-ring (bicyclic) bond motifs is 1. The predicted molar refractivity (Wildman–Crippen MR) is 86.5 cm³/mol. The van der Waals surface area contributed by atoms with E-state index in [2.05, 4.69) is 15.5 Å². The molecule has 1 aromatic heterocycles. The van der Waals surface area contributed by atoms with Crippen LogP contribution in [-0.2, 0) is 4.79 Å². The molecule has 25 heavy (non-hydrogen) atoms. The van der Waals surface area contributed by atoms with Crippen molar-refractivity contribution in [1.29, 1.82) is 0 Å². The van der Waals surface area contributed by atoms with E-state index in [1.165, 1.54) is 35.3 Å². The van der Waals surface area contributed by atoms with Gasteiger partial charge in [-0.05, 0) is 37.1 Å². The van der Waals surface area contributed by atoms with Gasteiger partial charge in [-0.3, -0.25) is 9.59 Å². The standard InChI is InChI=1S/C17H18FN5O2/c18-11-5-7-12(8-6-11)23-19-9-14(21-23)17(25)22-10-16(24)20-13-3-1-2-4-15(13)22/h5-9,13,15H,1-4,10H2,(H,20,24)/t13-,15+/m1/s1. The van der Waals surface area contributed by atoms with Gasteiger partial charge in [0.05, 0.1) is 17.9 Å². The van der Waals surface area contributed by atoms with Gasteiger partial charge in [0.25, 0.3) is 5.91 Å². The Hall–Kier alpha value is -2.77. The van der Waals surface area contributed by atoms with Crippen molar-refractivity contribution in [3.8, 4) is 5.69 Å². The van der Waals surface area contributed by atoms with E-state index < -0.39 is 0 Å². The van der Waals surface area contributed by atoms with E-state index in [1.54, 1.807) is 4.90 Å². The number of nitrogens with one attached hydrogen (secondary N) is 1. The molecule has 0 unspecified atom stereocenters. The van der Waals surface area contributed by atoms with Gasteiger partial charge < -0.3 is 10.2 Å². The smallest absolute Gasteiger partial charge is 0.276 e. The fourth-order valence-electron chi connectivity index (χ4n) is 3.61. The average molecular weight is 343 g/mol. The maximum atomic E-state index is 13.0. The van der Waals surface area contributed by atoms with Crippen LogP contribution in [0.1, 0.15) is 36.2 Å². The van der Waals surface area contributed by atoms with Crippen molar-refractivity contribution in [2.45, 2.75) is 37.8 Å². The molecule has 0 radical (unpaired) electrons. The van der Waals surface area contributed by atoms with Crippen LogP contribution in [0.2, 0.25) is 0 Å². The number of nitrogens with zero attached hydrogens (tertiary/aromatic N) is 4. The van der Waals surface area contributed by atoms with E-state index in [0.29, 0.717) is 5.69 Å². The lowest BCUT2D eigenvalue weighted by molar-refractivity contribution is -0.127. The molecule has 7 nitrogen and oxygen atoms in total. The monoisotopic (exact) mass is 343 g/mol. The summed E-state index contributed by atoms with van der Waals surface area (Å²) in [6, 6.07) is 5.72. The van der Waals surface area contributed by atoms with Gasteiger partial charge in [-0.2, -0.15) is 9.90 Å². The predicted octanol–water partition coefficient (Wildman–Crippen LogP) is 1.29. The summed E-state index contributed by atoms with van der Waals surface area (Å²) in [5.74, 6) is -0.780. The van der Waals surface area contributed by atoms with Crippen LogP contribution < -0.4 is 5.32 Å². The first-order chi connectivity index (χ1) is 12.1. The second kappa shape index (κ2) is 6.27. The highest BCUT2D eigenvalue weighted by molar-refractivity contribution is 5.95. The van der Waals surface area contributed by atoms with Gasteiger partial charge in [0.15, 0.2) is 5.69 Å². The summed E-state index contributed by atoms with van der Waals surface area (Å²) >= 11 is 0. The van der Waals surface area contributed by atoms with E-state index in [9.17, 15) is 14.0 Å². The molecule has 2 heterocycles. The highest BCUT2D eigenvalue weighted by Crippen LogP contribution is 2.26. The molecule has 1 aliphatic carbocycles. The molecule has 1 saturated carbocycles. The lowest BCUT2D eigenvalue weighted by atomic mass is 9.87. The topological polar surface area (TPSA) is 80.1 Å². The largest absolute Gasteiger partial charge is 0.350 e. The molecular formula is C17H18FN5O2. The van der Waals surface area contributed by atoms with Crippen molar-refractivity contribution in [2.75, 3.05) is 6.54 Å². The van der Waals surface area contributed by atoms with Crippen LogP contribution in [0.5, 0.6) is 0 Å². The molecule has 4 rings (SSSR count). The van der Waals surface area contributed by atoms with Crippen molar-refractivity contribution in [1.82, 2.24) is 25.2 Å². The quantitative estimate of drug-likeness (QED) is 0.891. The molecule has 1 N–H and O–H groups in total. The second-order valence-corrected chi connectivity index (χ2v) is 6.45. The maximum absolute atomic E-state index is 13.0. The van der Waals surface area contributed by atoms with Gasteiger partial charge in [-0.1, -0.05) is 12.8 Å². The molecule has 1 saturated heterocycles. The van der Waals surface area contributed by atoms with Crippen LogP contribution in [0.4, 0.5) is 4.39 Å². The van der Waals surface area contributed by atoms with Gasteiger partial charge in [0.2, 0.25) is 5.91 Å². The summed E-state index contributed by atoms with van der Waals surface area (Å²) in [5.41, 5.74) is 0.746. The number of carbonyl (C=O) groups is 2. The van der Waals surface area contributed by atoms with Crippen molar-refractivity contribution >= 4 is 11.8 Å². The summed E-state index contributed by atoms with van der Waals surface area (Å²) < 4.78 is 13.0. The Morgan fingerprint density at radius 3 is 2.76 bits per heavy atom. The lowest BCUT2D eigenvalue weighted by Gasteiger charge is -2.43. The number of rotatable bonds is 2. The molecule has 2 amide bonds. The SMILES string of the molecule is O=C1CN(C(=O)c2cnn(-c3ccc(F)cc3)n2)[C@H]2CCCC[C@H]2N1. The minimum absolute atomic E-state index is 0.00919. The third kappa shape index (κ3) is 2.99. The number of piperazine rings is 1. The first-order valence-corrected chi connectivity index (χ1v) is 8.40. The number of hydrogen-bond donors (Lipinski definition) is 1. The van der Waals surface area contributed by atoms with E-state index in [-0.39, 0.29) is 42.0 Å². The number of amides is 2. The Labute approximate surface area is 143 Å². The van der Waals surface area contributed by atoms with Gasteiger partial charge >= 0.3 is 0 Å². The van der Waals surface area contributed by atoms with Crippen LogP contribution >= 0.6 is 0 Å². The lowest BCUT2D eigenvalue weighted by Crippen LogP contribution is -2.62. The molecule has 2 fully saturated rings. The van der Waals surface area contributed by atoms with Gasteiger partial charge in [-0.25, -0.2) is 4.39 Å². The molecule has 130 valence electrons. The first-order valence-electron chi connectivity index (χ1n) is 8.40. The molecule has 2 aromatic rings. The zero-order chi connectivity index (χ0) is 17.4. The molecule has 8 heteroatoms. The number of aromatic nitrogens is 3. The minimum Gasteiger partial charge on any atom is -0.350 e. The summed E-state index contributed by atoms with van der Waals surface area (Å²) in [6.45, 7) is 0.0450. The van der Waals surface area contributed by atoms with Crippen molar-refractivity contribution in [2.24, 2.45) is 0 Å². The Bertz CT molecular complexity index is 804. The zero-order valence-electron chi connectivity index (χ0n) is 13.6. The third-order valence-electron chi connectivity index (χ3n) is 4.82. The fraction of sp³-hybridized carbons (Fsp3) is 0.412. The van der Waals surface area contributed by atoms with E-state index >= 15 is 0 Å². The zero-order valence-corrected chi connectivity index (χ0v) is 13.6. The second-order valence-electron chi connectivity index (χ2n) is 6.45. The fourth-order valence-corrected chi connectivity index (χ4v) is 3.61. The average Bonchev–Trinajstić information content (AvgIpc) is 3.11. The Kier molecular flexibility index (Phi) is 3.95. The number of benzene rings is 1. The molecule has 2 atom stereocenters. The molecule has 1 aliphatic heterocycles. The Morgan fingerprint density at radius 1 is 1.20 bits per heavy atom. The number of hydrogen-bond acceptors (Lipinski definition) is 4. The number of halogens is 1. The molecule has 0 bridgehead atoms. The molecule has 1 aromatic carbocycles. The van der Waals surface area contributed by atoms with Crippen molar-refractivity contribution < 1.29 is 14.0 Å². The highest BCUT2D eigenvalue weighted by atomic mass is 19.1. The number of carbonyl (C=O) groups excluding carboxylic acids is 2. The van der Waals surface area contributed by atoms with Gasteiger partial charge in [-0.15, -0.1) is 5.10 Å². The Balaban J connectivity index is 1.58. The summed E-state index contributed by atoms with van der Waals surface area (Å²) in [4.78, 5) is 27.7. The van der Waals surface area contributed by atoms with Crippen LogP contribution in [0.3, 0.4) is 0 Å². The van der Waals surface area contributed by atoms with Gasteiger partial charge in [0.1, 0.15) is 12.4 Å². The molecular weight excluding hydrogens is 325 g/mol. The van der Waals surface area contributed by atoms with Crippen LogP contribution in [0, 0.1) is 5.82 Å². The first kappa shape index (κ1) is 15.7. The molecule has 0 spiro atoms. The van der Waals surface area contributed by atoms with E-state index in [1.807, 2.05) is 0 Å². The van der Waals surface area contributed by atoms with Crippen molar-refractivity contribution in [3.63, 3.8) is 0 Å². The summed E-state index contributed by atoms with van der Waals surface area (Å²) in [6.07, 6.45) is 5.26. The summed E-state index contributed by atoms with van der Waals surface area (Å²) in [5, 5.41) is 11.3. The third-order valence-corrected chi connectivity index (χ3v) is 4.82. The van der Waals surface area contributed by atoms with Crippen LogP contribution in [0.15, 0.2) is 30.5 Å². The van der Waals surface area contributed by atoms with Crippen molar-refractivity contribution in [3.05, 3.63) is 42.0 Å². The van der Waals surface area contributed by atoms with Crippen LogP contribution in [0.25, 0.3) is 5.69 Å². The van der Waals surface area contributed by atoms with E-state index in [4.69, 9.17) is 0 Å². The normalized spacial score (nSPS) is 23.1. The highest BCUT2D eigenvalue weighted by Gasteiger charge is 2.39.